The Bertz CT molecular complexity index is 486. The SMILES string of the molecule is CCOC1=NC=NC2C1N=CN2C1OC(CO)C(O)C1F. The predicted octanol–water partition coefficient (Wildman–Crippen LogP) is -1.08. The molecule has 3 aliphatic rings. The van der Waals surface area contributed by atoms with Gasteiger partial charge in [0.25, 0.3) is 0 Å². The summed E-state index contributed by atoms with van der Waals surface area (Å²) in [5.41, 5.74) is 0. The number of rotatable bonds is 3. The summed E-state index contributed by atoms with van der Waals surface area (Å²) in [4.78, 5) is 13.9. The van der Waals surface area contributed by atoms with Gasteiger partial charge in [0, 0.05) is 0 Å². The zero-order valence-corrected chi connectivity index (χ0v) is 11.4. The zero-order valence-electron chi connectivity index (χ0n) is 11.4. The van der Waals surface area contributed by atoms with Crippen LogP contribution in [-0.4, -0.2) is 83.7 Å². The number of hydrogen-bond acceptors (Lipinski definition) is 8. The maximum absolute atomic E-state index is 14.2. The van der Waals surface area contributed by atoms with Crippen LogP contribution in [-0.2, 0) is 9.47 Å². The number of fused-ring (bicyclic) bond motifs is 1. The van der Waals surface area contributed by atoms with E-state index in [0.717, 1.165) is 0 Å². The first kappa shape index (κ1) is 14.4. The molecule has 0 aromatic rings. The third kappa shape index (κ3) is 2.30. The maximum atomic E-state index is 14.2. The standard InChI is InChI=1S/C12H17FN4O4/c1-2-20-11-8-10(14-4-15-11)17(5-16-8)12-7(13)9(19)6(3-18)21-12/h4-10,12,18-19H,2-3H2,1H3. The molecule has 21 heavy (non-hydrogen) atoms. The maximum Gasteiger partial charge on any atom is 0.219 e. The van der Waals surface area contributed by atoms with Gasteiger partial charge in [0.1, 0.15) is 18.5 Å². The summed E-state index contributed by atoms with van der Waals surface area (Å²) in [6.45, 7) is 1.83. The third-order valence-electron chi connectivity index (χ3n) is 3.67. The minimum atomic E-state index is -1.66. The smallest absolute Gasteiger partial charge is 0.219 e. The molecule has 0 aromatic heterocycles. The van der Waals surface area contributed by atoms with Gasteiger partial charge < -0.3 is 24.6 Å². The summed E-state index contributed by atoms with van der Waals surface area (Å²) in [6, 6.07) is -0.448. The van der Waals surface area contributed by atoms with Gasteiger partial charge in [0.15, 0.2) is 24.6 Å². The quantitative estimate of drug-likeness (QED) is 0.690. The van der Waals surface area contributed by atoms with E-state index in [1.165, 1.54) is 17.6 Å². The second-order valence-electron chi connectivity index (χ2n) is 4.92. The molecule has 0 bridgehead atoms. The van der Waals surface area contributed by atoms with Crippen LogP contribution in [0.3, 0.4) is 0 Å². The van der Waals surface area contributed by atoms with Crippen molar-refractivity contribution < 1.29 is 24.1 Å². The number of nitrogens with zero attached hydrogens (tertiary/aromatic N) is 4. The lowest BCUT2D eigenvalue weighted by atomic mass is 10.1. The fourth-order valence-electron chi connectivity index (χ4n) is 2.62. The van der Waals surface area contributed by atoms with Crippen LogP contribution in [0.2, 0.25) is 0 Å². The Hall–Kier alpha value is -1.58. The number of halogens is 1. The van der Waals surface area contributed by atoms with E-state index in [1.807, 2.05) is 6.92 Å². The lowest BCUT2D eigenvalue weighted by Gasteiger charge is -2.31. The summed E-state index contributed by atoms with van der Waals surface area (Å²) in [7, 11) is 0. The molecule has 9 heteroatoms. The first-order valence-corrected chi connectivity index (χ1v) is 6.78. The van der Waals surface area contributed by atoms with Crippen LogP contribution in [0.5, 0.6) is 0 Å². The van der Waals surface area contributed by atoms with Crippen molar-refractivity contribution in [1.29, 1.82) is 0 Å². The topological polar surface area (TPSA) is 99.2 Å². The average molecular weight is 300 g/mol. The molecule has 6 atom stereocenters. The molecule has 6 unspecified atom stereocenters. The van der Waals surface area contributed by atoms with Crippen molar-refractivity contribution >= 4 is 18.6 Å². The normalized spacial score (nSPS) is 41.3. The van der Waals surface area contributed by atoms with Gasteiger partial charge in [-0.2, -0.15) is 0 Å². The van der Waals surface area contributed by atoms with Gasteiger partial charge in [-0.05, 0) is 6.92 Å². The van der Waals surface area contributed by atoms with Crippen molar-refractivity contribution in [1.82, 2.24) is 4.90 Å². The Morgan fingerprint density at radius 1 is 1.48 bits per heavy atom. The van der Waals surface area contributed by atoms with E-state index in [9.17, 15) is 9.50 Å². The van der Waals surface area contributed by atoms with Crippen LogP contribution in [0.4, 0.5) is 4.39 Å². The molecule has 0 saturated carbocycles. The van der Waals surface area contributed by atoms with E-state index in [0.29, 0.717) is 12.5 Å². The third-order valence-corrected chi connectivity index (χ3v) is 3.67. The fraction of sp³-hybridized carbons (Fsp3) is 0.750. The van der Waals surface area contributed by atoms with Crippen LogP contribution in [0.25, 0.3) is 0 Å². The lowest BCUT2D eigenvalue weighted by molar-refractivity contribution is -0.0694. The highest BCUT2D eigenvalue weighted by atomic mass is 19.1. The number of aliphatic hydroxyl groups excluding tert-OH is 2. The van der Waals surface area contributed by atoms with Crippen LogP contribution >= 0.6 is 0 Å². The van der Waals surface area contributed by atoms with Crippen LogP contribution in [0.15, 0.2) is 15.0 Å². The molecule has 3 aliphatic heterocycles. The van der Waals surface area contributed by atoms with Crippen molar-refractivity contribution in [3.05, 3.63) is 0 Å². The summed E-state index contributed by atoms with van der Waals surface area (Å²) in [5.74, 6) is 0.420. The molecule has 1 fully saturated rings. The highest BCUT2D eigenvalue weighted by Gasteiger charge is 2.51. The molecule has 0 spiro atoms. The Morgan fingerprint density at radius 2 is 2.29 bits per heavy atom. The zero-order chi connectivity index (χ0) is 15.0. The van der Waals surface area contributed by atoms with Crippen LogP contribution < -0.4 is 0 Å². The molecule has 0 radical (unpaired) electrons. The fourth-order valence-corrected chi connectivity index (χ4v) is 2.62. The minimum absolute atomic E-state index is 0.420. The van der Waals surface area contributed by atoms with Gasteiger partial charge in [-0.15, -0.1) is 0 Å². The van der Waals surface area contributed by atoms with Gasteiger partial charge in [0.05, 0.1) is 19.6 Å². The highest BCUT2D eigenvalue weighted by molar-refractivity contribution is 5.93. The number of aliphatic imine (C=N–C) groups is 3. The molecule has 3 heterocycles. The lowest BCUT2D eigenvalue weighted by Crippen LogP contribution is -2.49. The van der Waals surface area contributed by atoms with Crippen molar-refractivity contribution in [2.24, 2.45) is 15.0 Å². The Labute approximate surface area is 120 Å². The average Bonchev–Trinajstić information content (AvgIpc) is 3.03. The molecular formula is C12H17FN4O4. The Kier molecular flexibility index (Phi) is 3.87. The number of ether oxygens (including phenoxy) is 2. The van der Waals surface area contributed by atoms with Crippen molar-refractivity contribution in [2.45, 2.75) is 43.7 Å². The van der Waals surface area contributed by atoms with Gasteiger partial charge >= 0.3 is 0 Å². The second kappa shape index (κ2) is 5.66. The predicted molar refractivity (Wildman–Crippen MR) is 72.1 cm³/mol. The van der Waals surface area contributed by atoms with Crippen LogP contribution in [0, 0.1) is 0 Å². The molecule has 8 nitrogen and oxygen atoms in total. The van der Waals surface area contributed by atoms with Gasteiger partial charge in [-0.1, -0.05) is 0 Å². The minimum Gasteiger partial charge on any atom is -0.479 e. The first-order valence-electron chi connectivity index (χ1n) is 6.78. The van der Waals surface area contributed by atoms with Crippen LogP contribution in [0.1, 0.15) is 6.92 Å². The first-order chi connectivity index (χ1) is 10.2. The Morgan fingerprint density at radius 3 is 2.95 bits per heavy atom. The Balaban J connectivity index is 1.76. The van der Waals surface area contributed by atoms with Gasteiger partial charge in [0.2, 0.25) is 5.90 Å². The van der Waals surface area contributed by atoms with E-state index < -0.39 is 43.4 Å². The van der Waals surface area contributed by atoms with Crippen molar-refractivity contribution in [2.75, 3.05) is 13.2 Å². The van der Waals surface area contributed by atoms with E-state index >= 15 is 0 Å². The number of alkyl halides is 1. The molecule has 0 aromatic carbocycles. The molecule has 1 saturated heterocycles. The summed E-state index contributed by atoms with van der Waals surface area (Å²) in [6.07, 6.45) is -2.78. The molecule has 116 valence electrons. The largest absolute Gasteiger partial charge is 0.479 e. The number of hydrogen-bond donors (Lipinski definition) is 2. The van der Waals surface area contributed by atoms with E-state index in [4.69, 9.17) is 14.6 Å². The van der Waals surface area contributed by atoms with E-state index in [2.05, 4.69) is 15.0 Å². The van der Waals surface area contributed by atoms with Gasteiger partial charge in [-0.3, -0.25) is 4.99 Å². The molecule has 3 rings (SSSR count). The molecule has 2 N–H and O–H groups in total. The van der Waals surface area contributed by atoms with E-state index in [1.54, 1.807) is 0 Å². The van der Waals surface area contributed by atoms with Crippen molar-refractivity contribution in [3.63, 3.8) is 0 Å². The summed E-state index contributed by atoms with van der Waals surface area (Å²) >= 11 is 0. The van der Waals surface area contributed by atoms with E-state index in [-0.39, 0.29) is 0 Å². The monoisotopic (exact) mass is 300 g/mol. The van der Waals surface area contributed by atoms with Crippen molar-refractivity contribution in [3.8, 4) is 0 Å². The van der Waals surface area contributed by atoms with Gasteiger partial charge in [-0.25, -0.2) is 14.4 Å². The number of aliphatic hydroxyl groups is 2. The summed E-state index contributed by atoms with van der Waals surface area (Å²) < 4.78 is 24.9. The summed E-state index contributed by atoms with van der Waals surface area (Å²) in [5, 5.41) is 18.8. The molecular weight excluding hydrogens is 283 g/mol. The molecule has 0 aliphatic carbocycles. The molecule has 0 amide bonds. The highest BCUT2D eigenvalue weighted by Crippen LogP contribution is 2.31. The second-order valence-corrected chi connectivity index (χ2v) is 4.92.